The molecule has 0 aromatic heterocycles. The number of rotatable bonds is 3. The van der Waals surface area contributed by atoms with Crippen LogP contribution in [0.4, 0.5) is 18.8 Å². The third-order valence-corrected chi connectivity index (χ3v) is 2.11. The fourth-order valence-corrected chi connectivity index (χ4v) is 0.750. The highest BCUT2D eigenvalue weighted by molar-refractivity contribution is 5.75. The molecule has 0 fully saturated rings. The summed E-state index contributed by atoms with van der Waals surface area (Å²) in [4.78, 5) is 0. The summed E-state index contributed by atoms with van der Waals surface area (Å²) in [5.41, 5.74) is 6.02. The van der Waals surface area contributed by atoms with E-state index in [1.54, 1.807) is 0 Å². The molecule has 6 heteroatoms. The van der Waals surface area contributed by atoms with Crippen LogP contribution < -0.4 is 5.73 Å². The molecule has 0 unspecified atom stereocenters. The Morgan fingerprint density at radius 2 is 0.923 bits per heavy atom. The van der Waals surface area contributed by atoms with Crippen molar-refractivity contribution >= 4 is 8.41 Å². The van der Waals surface area contributed by atoms with E-state index in [1.165, 1.54) is 0 Å². The van der Waals surface area contributed by atoms with Gasteiger partial charge in [0.2, 0.25) is 0 Å². The highest BCUT2D eigenvalue weighted by atomic mass is 19.0. The lowest BCUT2D eigenvalue weighted by Gasteiger charge is -2.23. The quantitative estimate of drug-likeness (QED) is 0.555. The van der Waals surface area contributed by atoms with Gasteiger partial charge >= 0.3 is 0 Å². The first-order valence-electron chi connectivity index (χ1n) is 3.47. The van der Waals surface area contributed by atoms with E-state index in [0.29, 0.717) is 0 Å². The average molecular weight is 206 g/mol. The van der Waals surface area contributed by atoms with Gasteiger partial charge in [0.25, 0.3) is 0 Å². The molecule has 0 heterocycles. The maximum Gasteiger partial charge on any atom is 0.0146 e. The number of halogens is 4. The van der Waals surface area contributed by atoms with Crippen LogP contribution in [0.1, 0.15) is 40.0 Å². The molecule has 0 aliphatic heterocycles. The summed E-state index contributed by atoms with van der Waals surface area (Å²) in [6, 6.07) is 0. The van der Waals surface area contributed by atoms with E-state index >= 15 is 0 Å². The van der Waals surface area contributed by atoms with Gasteiger partial charge in [-0.05, 0) is 19.3 Å². The zero-order valence-electron chi connectivity index (χ0n) is 8.41. The van der Waals surface area contributed by atoms with Crippen LogP contribution in [0.3, 0.4) is 0 Å². The lowest BCUT2D eigenvalue weighted by Crippen LogP contribution is -2.37. The average Bonchev–Trinajstić information content (AvgIpc) is 1.87. The van der Waals surface area contributed by atoms with Gasteiger partial charge in [0.1, 0.15) is 0 Å². The maximum absolute atomic E-state index is 5.90. The van der Waals surface area contributed by atoms with E-state index in [0.717, 1.165) is 19.3 Å². The van der Waals surface area contributed by atoms with Crippen LogP contribution >= 0.6 is 0 Å². The second-order valence-corrected chi connectivity index (χ2v) is 2.42. The molecular formula is C7H21BF4N. The van der Waals surface area contributed by atoms with Gasteiger partial charge in [0.05, 0.1) is 0 Å². The fraction of sp³-hybridized carbons (Fsp3) is 1.00. The molecule has 0 bridgehead atoms. The molecule has 0 aromatic carbocycles. The zero-order valence-corrected chi connectivity index (χ0v) is 8.41. The minimum atomic E-state index is 0. The SMILES string of the molecule is CCC(N)(CC)CC.F.F.F.F.[B]. The first-order chi connectivity index (χ1) is 3.68. The van der Waals surface area contributed by atoms with Crippen molar-refractivity contribution in [2.75, 3.05) is 0 Å². The van der Waals surface area contributed by atoms with Gasteiger partial charge in [-0.3, -0.25) is 18.8 Å². The Kier molecular flexibility index (Phi) is 52.7. The van der Waals surface area contributed by atoms with E-state index in [2.05, 4.69) is 20.8 Å². The van der Waals surface area contributed by atoms with Crippen LogP contribution in [0.5, 0.6) is 0 Å². The van der Waals surface area contributed by atoms with Crippen LogP contribution in [0.25, 0.3) is 0 Å². The third kappa shape index (κ3) is 14.6. The van der Waals surface area contributed by atoms with E-state index in [9.17, 15) is 0 Å². The Morgan fingerprint density at radius 3 is 0.923 bits per heavy atom. The molecule has 0 saturated heterocycles. The van der Waals surface area contributed by atoms with Gasteiger partial charge in [-0.25, -0.2) is 0 Å². The van der Waals surface area contributed by atoms with Gasteiger partial charge in [-0.15, -0.1) is 0 Å². The summed E-state index contributed by atoms with van der Waals surface area (Å²) in [5, 5.41) is 0. The van der Waals surface area contributed by atoms with Crippen molar-refractivity contribution in [2.24, 2.45) is 5.73 Å². The zero-order chi connectivity index (χ0) is 6.62. The summed E-state index contributed by atoms with van der Waals surface area (Å²) < 4.78 is 0. The van der Waals surface area contributed by atoms with Gasteiger partial charge in [-0.2, -0.15) is 0 Å². The van der Waals surface area contributed by atoms with Crippen molar-refractivity contribution in [2.45, 2.75) is 45.6 Å². The lowest BCUT2D eigenvalue weighted by molar-refractivity contribution is 0.383. The van der Waals surface area contributed by atoms with Crippen LogP contribution in [-0.2, 0) is 0 Å². The molecule has 2 N–H and O–H groups in total. The molecule has 0 saturated carbocycles. The molecule has 0 aromatic rings. The highest BCUT2D eigenvalue weighted by Gasteiger charge is 2.15. The van der Waals surface area contributed by atoms with Crippen molar-refractivity contribution < 1.29 is 18.8 Å². The largest absolute Gasteiger partial charge is 0.325 e. The topological polar surface area (TPSA) is 26.0 Å². The number of hydrogen-bond donors (Lipinski definition) is 1. The van der Waals surface area contributed by atoms with E-state index < -0.39 is 0 Å². The smallest absolute Gasteiger partial charge is 0.0146 e. The molecule has 0 spiro atoms. The molecule has 1 nitrogen and oxygen atoms in total. The fourth-order valence-electron chi connectivity index (χ4n) is 0.750. The second kappa shape index (κ2) is 17.7. The molecule has 3 radical (unpaired) electrons. The van der Waals surface area contributed by atoms with Crippen molar-refractivity contribution in [1.82, 2.24) is 0 Å². The second-order valence-electron chi connectivity index (χ2n) is 2.42. The first-order valence-corrected chi connectivity index (χ1v) is 3.47. The Labute approximate surface area is 79.5 Å². The van der Waals surface area contributed by atoms with Crippen LogP contribution in [0.2, 0.25) is 0 Å². The summed E-state index contributed by atoms with van der Waals surface area (Å²) in [6.45, 7) is 6.44. The van der Waals surface area contributed by atoms with Gasteiger partial charge in [-0.1, -0.05) is 20.8 Å². The maximum atomic E-state index is 5.90. The molecular weight excluding hydrogens is 185 g/mol. The van der Waals surface area contributed by atoms with E-state index in [1.807, 2.05) is 0 Å². The Balaban J connectivity index is -0.0000000245. The van der Waals surface area contributed by atoms with Crippen molar-refractivity contribution in [3.63, 3.8) is 0 Å². The van der Waals surface area contributed by atoms with Crippen molar-refractivity contribution in [3.05, 3.63) is 0 Å². The highest BCUT2D eigenvalue weighted by Crippen LogP contribution is 2.14. The molecule has 0 aliphatic rings. The Bertz CT molecular complexity index is 63.2. The Morgan fingerprint density at radius 1 is 0.769 bits per heavy atom. The number of nitrogens with two attached hydrogens (primary N) is 1. The first kappa shape index (κ1) is 38.6. The van der Waals surface area contributed by atoms with Gasteiger partial charge < -0.3 is 5.73 Å². The summed E-state index contributed by atoms with van der Waals surface area (Å²) in [7, 11) is 0. The predicted octanol–water partition coefficient (Wildman–Crippen LogP) is 2.14. The third-order valence-electron chi connectivity index (χ3n) is 2.11. The lowest BCUT2D eigenvalue weighted by atomic mass is 9.92. The van der Waals surface area contributed by atoms with Gasteiger partial charge in [0, 0.05) is 14.0 Å². The van der Waals surface area contributed by atoms with Crippen LogP contribution in [-0.4, -0.2) is 14.0 Å². The van der Waals surface area contributed by atoms with Gasteiger partial charge in [0.15, 0.2) is 0 Å². The molecule has 0 atom stereocenters. The minimum absolute atomic E-state index is 0. The van der Waals surface area contributed by atoms with Crippen molar-refractivity contribution in [1.29, 1.82) is 0 Å². The van der Waals surface area contributed by atoms with Crippen molar-refractivity contribution in [3.8, 4) is 0 Å². The predicted molar refractivity (Wildman–Crippen MR) is 53.6 cm³/mol. The monoisotopic (exact) mass is 206 g/mol. The minimum Gasteiger partial charge on any atom is -0.325 e. The van der Waals surface area contributed by atoms with Crippen LogP contribution in [0, 0.1) is 0 Å². The molecule has 0 rings (SSSR count). The standard InChI is InChI=1S/C7H17N.B.4FH/c1-4-7(8,5-2)6-3;;;;;/h4-6,8H2,1-3H3;;4*1H. The van der Waals surface area contributed by atoms with E-state index in [4.69, 9.17) is 5.73 Å². The molecule has 0 aliphatic carbocycles. The molecule has 85 valence electrons. The summed E-state index contributed by atoms with van der Waals surface area (Å²) >= 11 is 0. The van der Waals surface area contributed by atoms with Crippen LogP contribution in [0.15, 0.2) is 0 Å². The Hall–Kier alpha value is -0.255. The molecule has 0 amide bonds. The summed E-state index contributed by atoms with van der Waals surface area (Å²) in [6.07, 6.45) is 3.29. The van der Waals surface area contributed by atoms with E-state index in [-0.39, 0.29) is 32.8 Å². The number of hydrogen-bond acceptors (Lipinski definition) is 1. The summed E-state index contributed by atoms with van der Waals surface area (Å²) in [5.74, 6) is 0. The normalized spacial score (nSPS) is 7.38. The molecule has 13 heavy (non-hydrogen) atoms.